The van der Waals surface area contributed by atoms with Crippen LogP contribution in [-0.2, 0) is 47.7 Å². The number of carbonyl (C=O) groups excluding carboxylic acids is 5. The lowest BCUT2D eigenvalue weighted by Crippen LogP contribution is -2.27. The van der Waals surface area contributed by atoms with E-state index in [0.717, 1.165) is 122 Å². The van der Waals surface area contributed by atoms with Crippen LogP contribution in [0.3, 0.4) is 0 Å². The van der Waals surface area contributed by atoms with E-state index in [2.05, 4.69) is 81.2 Å². The molecule has 0 aromatic heterocycles. The van der Waals surface area contributed by atoms with Gasteiger partial charge in [-0.1, -0.05) is 115 Å². The van der Waals surface area contributed by atoms with Gasteiger partial charge in [0.05, 0.1) is 5.92 Å². The minimum atomic E-state index is -0.505. The maximum atomic E-state index is 12.8. The van der Waals surface area contributed by atoms with Gasteiger partial charge in [0, 0.05) is 32.1 Å². The average Bonchev–Trinajstić information content (AvgIpc) is 3.84. The smallest absolute Gasteiger partial charge is 0.306 e. The van der Waals surface area contributed by atoms with Crippen molar-refractivity contribution in [2.45, 2.75) is 233 Å². The van der Waals surface area contributed by atoms with Crippen molar-refractivity contribution in [2.75, 3.05) is 39.5 Å². The summed E-state index contributed by atoms with van der Waals surface area (Å²) in [4.78, 5) is 65.9. The number of hydrogen-bond acceptors (Lipinski definition) is 11. The molecule has 0 amide bonds. The summed E-state index contributed by atoms with van der Waals surface area (Å²) in [6, 6.07) is 0. The third kappa shape index (κ3) is 38.9. The number of rotatable bonds is 44. The van der Waals surface area contributed by atoms with Crippen LogP contribution in [-0.4, -0.2) is 86.4 Å². The molecule has 0 atom stereocenters. The molecule has 1 saturated heterocycles. The largest absolute Gasteiger partial charge is 0.465 e. The molecule has 0 radical (unpaired) electrons. The van der Waals surface area contributed by atoms with E-state index < -0.39 is 5.92 Å². The van der Waals surface area contributed by atoms with Crippen LogP contribution < -0.4 is 0 Å². The van der Waals surface area contributed by atoms with Gasteiger partial charge in [0.1, 0.15) is 32.0 Å². The molecule has 0 N–H and O–H groups in total. The number of nitrogens with zero attached hydrogens (tertiary/aromatic N) is 1. The lowest BCUT2D eigenvalue weighted by atomic mass is 10.1. The van der Waals surface area contributed by atoms with Gasteiger partial charge in [-0.2, -0.15) is 0 Å². The van der Waals surface area contributed by atoms with Crippen molar-refractivity contribution in [2.24, 2.45) is 5.92 Å². The summed E-state index contributed by atoms with van der Waals surface area (Å²) in [5, 5.41) is 0. The minimum Gasteiger partial charge on any atom is -0.465 e. The summed E-state index contributed by atoms with van der Waals surface area (Å²) < 4.78 is 28.5. The van der Waals surface area contributed by atoms with E-state index in [1.165, 1.54) is 12.8 Å². The summed E-state index contributed by atoms with van der Waals surface area (Å²) in [6.07, 6.45) is 40.9. The fraction of sp³-hybridized carbons (Fsp3) is 0.768. The molecule has 1 aliphatic heterocycles. The van der Waals surface area contributed by atoms with Gasteiger partial charge in [-0.15, -0.1) is 0 Å². The van der Waals surface area contributed by atoms with Gasteiger partial charge < -0.3 is 28.6 Å². The Hall–Kier alpha value is -3.73. The Morgan fingerprint density at radius 3 is 1.03 bits per heavy atom. The zero-order valence-electron chi connectivity index (χ0n) is 42.8. The summed E-state index contributed by atoms with van der Waals surface area (Å²) >= 11 is 0. The van der Waals surface area contributed by atoms with E-state index in [0.29, 0.717) is 64.2 Å². The normalized spacial score (nSPS) is 13.4. The molecule has 0 bridgehead atoms. The Kier molecular flexibility index (Phi) is 40.9. The summed E-state index contributed by atoms with van der Waals surface area (Å²) in [6.45, 7) is 11.5. The number of unbranched alkanes of at least 4 members (excludes halogenated alkanes) is 8. The highest BCUT2D eigenvalue weighted by atomic mass is 16.6. The fourth-order valence-corrected chi connectivity index (χ4v) is 7.63. The first-order valence-electron chi connectivity index (χ1n) is 26.9. The lowest BCUT2D eigenvalue weighted by Gasteiger charge is -2.18. The molecule has 0 spiro atoms. The third-order valence-electron chi connectivity index (χ3n) is 11.7. The quantitative estimate of drug-likeness (QED) is 0.0250. The van der Waals surface area contributed by atoms with Crippen LogP contribution in [0, 0.1) is 5.92 Å². The topological polar surface area (TPSA) is 135 Å². The van der Waals surface area contributed by atoms with Crippen LogP contribution in [0.4, 0.5) is 0 Å². The molecular weight excluding hydrogens is 847 g/mol. The van der Waals surface area contributed by atoms with Gasteiger partial charge in [0.15, 0.2) is 0 Å². The Morgan fingerprint density at radius 1 is 0.403 bits per heavy atom. The second-order valence-electron chi connectivity index (χ2n) is 18.3. The molecular formula is C56H95NO10. The molecule has 1 rings (SSSR count). The first-order valence-corrected chi connectivity index (χ1v) is 26.9. The third-order valence-corrected chi connectivity index (χ3v) is 11.7. The highest BCUT2D eigenvalue weighted by Crippen LogP contribution is 2.17. The standard InChI is InChI=1S/C56H95NO10/c1-5-9-13-17-23-34-50(35-24-18-14-10-6-2)66-55(61)40-29-21-27-38-52(58)63-46-49(48-65-54(60)42-33-45-57-43-31-32-44-57)47-64-53(59)39-28-22-30-41-56(62)67-51(36-25-19-15-11-7-3)37-26-20-16-12-8-4/h13-20,49-51H,5-12,21-48H2,1-4H3/b17-13-,18-14-,19-15-,20-16-. The van der Waals surface area contributed by atoms with Crippen LogP contribution in [0.15, 0.2) is 48.6 Å². The molecule has 0 aliphatic carbocycles. The molecule has 1 fully saturated rings. The number of likely N-dealkylation sites (tertiary alicyclic amines) is 1. The summed E-state index contributed by atoms with van der Waals surface area (Å²) in [7, 11) is 0. The van der Waals surface area contributed by atoms with Gasteiger partial charge in [-0.3, -0.25) is 24.0 Å². The Bertz CT molecular complexity index is 1260. The van der Waals surface area contributed by atoms with E-state index in [9.17, 15) is 24.0 Å². The molecule has 384 valence electrons. The highest BCUT2D eigenvalue weighted by Gasteiger charge is 2.20. The van der Waals surface area contributed by atoms with Crippen molar-refractivity contribution >= 4 is 29.8 Å². The van der Waals surface area contributed by atoms with Crippen molar-refractivity contribution < 1.29 is 47.7 Å². The second kappa shape index (κ2) is 44.8. The first-order chi connectivity index (χ1) is 32.7. The number of ether oxygens (including phenoxy) is 5. The minimum absolute atomic E-state index is 0.0244. The van der Waals surface area contributed by atoms with E-state index in [1.807, 2.05) is 0 Å². The number of hydrogen-bond donors (Lipinski definition) is 0. The maximum Gasteiger partial charge on any atom is 0.306 e. The highest BCUT2D eigenvalue weighted by molar-refractivity contribution is 5.71. The zero-order valence-corrected chi connectivity index (χ0v) is 42.8. The monoisotopic (exact) mass is 942 g/mol. The predicted octanol–water partition coefficient (Wildman–Crippen LogP) is 13.4. The molecule has 1 aliphatic rings. The Balaban J connectivity index is 2.54. The van der Waals surface area contributed by atoms with Crippen molar-refractivity contribution in [1.29, 1.82) is 0 Å². The van der Waals surface area contributed by atoms with E-state index in [4.69, 9.17) is 23.7 Å². The van der Waals surface area contributed by atoms with E-state index >= 15 is 0 Å². The molecule has 0 saturated carbocycles. The van der Waals surface area contributed by atoms with Crippen LogP contribution >= 0.6 is 0 Å². The van der Waals surface area contributed by atoms with Crippen molar-refractivity contribution in [3.8, 4) is 0 Å². The van der Waals surface area contributed by atoms with Crippen LogP contribution in [0.5, 0.6) is 0 Å². The fourth-order valence-electron chi connectivity index (χ4n) is 7.63. The summed E-state index contributed by atoms with van der Waals surface area (Å²) in [5.41, 5.74) is 0. The Morgan fingerprint density at radius 2 is 0.701 bits per heavy atom. The molecule has 11 nitrogen and oxygen atoms in total. The van der Waals surface area contributed by atoms with Crippen LogP contribution in [0.1, 0.15) is 220 Å². The zero-order chi connectivity index (χ0) is 48.8. The molecule has 1 heterocycles. The molecule has 0 aromatic rings. The SMILES string of the molecule is CCC/C=C\CCC(CC/C=C\CCC)OC(=O)CCCCCC(=O)OCC(COC(=O)CCCCCC(=O)OC(CC/C=C\CCC)CC/C=C\CCC)COC(=O)CCCN1CCCC1. The number of carbonyl (C=O) groups is 5. The molecule has 0 aromatic carbocycles. The van der Waals surface area contributed by atoms with Crippen molar-refractivity contribution in [3.63, 3.8) is 0 Å². The van der Waals surface area contributed by atoms with Gasteiger partial charge in [0.25, 0.3) is 0 Å². The average molecular weight is 942 g/mol. The molecule has 0 unspecified atom stereocenters. The van der Waals surface area contributed by atoms with E-state index in [-0.39, 0.29) is 74.7 Å². The first kappa shape index (κ1) is 61.3. The lowest BCUT2D eigenvalue weighted by molar-refractivity contribution is -0.154. The van der Waals surface area contributed by atoms with E-state index in [1.54, 1.807) is 0 Å². The van der Waals surface area contributed by atoms with Gasteiger partial charge in [-0.25, -0.2) is 0 Å². The van der Waals surface area contributed by atoms with Gasteiger partial charge >= 0.3 is 29.8 Å². The van der Waals surface area contributed by atoms with Gasteiger partial charge in [0.2, 0.25) is 0 Å². The number of esters is 5. The van der Waals surface area contributed by atoms with Crippen LogP contribution in [0.25, 0.3) is 0 Å². The summed E-state index contributed by atoms with van der Waals surface area (Å²) in [5.74, 6) is -2.00. The Labute approximate surface area is 407 Å². The number of allylic oxidation sites excluding steroid dienone is 8. The predicted molar refractivity (Wildman–Crippen MR) is 270 cm³/mol. The van der Waals surface area contributed by atoms with Gasteiger partial charge in [-0.05, 0) is 142 Å². The van der Waals surface area contributed by atoms with Crippen molar-refractivity contribution in [1.82, 2.24) is 4.90 Å². The van der Waals surface area contributed by atoms with Crippen molar-refractivity contribution in [3.05, 3.63) is 48.6 Å². The van der Waals surface area contributed by atoms with Crippen LogP contribution in [0.2, 0.25) is 0 Å². The molecule has 67 heavy (non-hydrogen) atoms. The second-order valence-corrected chi connectivity index (χ2v) is 18.3. The maximum absolute atomic E-state index is 12.8. The molecule has 11 heteroatoms.